The van der Waals surface area contributed by atoms with Gasteiger partial charge in [0.15, 0.2) is 0 Å². The Bertz CT molecular complexity index is 458. The normalized spacial score (nSPS) is 11.1. The molecule has 15 heavy (non-hydrogen) atoms. The van der Waals surface area contributed by atoms with Gasteiger partial charge in [-0.3, -0.25) is 0 Å². The van der Waals surface area contributed by atoms with Crippen LogP contribution in [0.3, 0.4) is 0 Å². The van der Waals surface area contributed by atoms with Crippen LogP contribution < -0.4 is 5.73 Å². The van der Waals surface area contributed by atoms with Gasteiger partial charge in [0, 0.05) is 6.54 Å². The summed E-state index contributed by atoms with van der Waals surface area (Å²) < 4.78 is 6.34. The van der Waals surface area contributed by atoms with Gasteiger partial charge in [-0.05, 0) is 12.1 Å². The van der Waals surface area contributed by atoms with Crippen molar-refractivity contribution in [3.63, 3.8) is 0 Å². The summed E-state index contributed by atoms with van der Waals surface area (Å²) in [6.07, 6.45) is 0. The van der Waals surface area contributed by atoms with Crippen molar-refractivity contribution in [1.82, 2.24) is 4.98 Å². The molecule has 1 heterocycles. The summed E-state index contributed by atoms with van der Waals surface area (Å²) in [4.78, 5) is 4.41. The van der Waals surface area contributed by atoms with E-state index in [0.717, 1.165) is 20.2 Å². The maximum absolute atomic E-state index is 6.04. The highest BCUT2D eigenvalue weighted by molar-refractivity contribution is 7.19. The molecule has 2 aromatic rings. The summed E-state index contributed by atoms with van der Waals surface area (Å²) in [5.41, 5.74) is 6.26. The molecule has 0 aliphatic heterocycles. The molecule has 0 bridgehead atoms. The Kier molecular flexibility index (Phi) is 3.53. The summed E-state index contributed by atoms with van der Waals surface area (Å²) in [6, 6.07) is 5.71. The molecule has 0 aliphatic rings. The van der Waals surface area contributed by atoms with Crippen LogP contribution in [0.15, 0.2) is 18.2 Å². The fourth-order valence-corrected chi connectivity index (χ4v) is 2.46. The fourth-order valence-electron chi connectivity index (χ4n) is 1.27. The number of rotatable bonds is 4. The molecule has 0 spiro atoms. The predicted molar refractivity (Wildman–Crippen MR) is 63.3 cm³/mol. The number of hydrogen-bond donors (Lipinski definition) is 1. The maximum atomic E-state index is 6.04. The zero-order valence-electron chi connectivity index (χ0n) is 8.07. The van der Waals surface area contributed by atoms with Crippen molar-refractivity contribution in [2.75, 3.05) is 13.2 Å². The van der Waals surface area contributed by atoms with Gasteiger partial charge in [0.1, 0.15) is 5.01 Å². The van der Waals surface area contributed by atoms with Crippen molar-refractivity contribution >= 4 is 33.2 Å². The van der Waals surface area contributed by atoms with Gasteiger partial charge in [-0.15, -0.1) is 11.3 Å². The van der Waals surface area contributed by atoms with E-state index >= 15 is 0 Å². The molecule has 0 atom stereocenters. The van der Waals surface area contributed by atoms with Crippen molar-refractivity contribution in [3.8, 4) is 0 Å². The molecule has 0 fully saturated rings. The van der Waals surface area contributed by atoms with Crippen LogP contribution in [-0.4, -0.2) is 18.1 Å². The maximum Gasteiger partial charge on any atom is 0.120 e. The minimum absolute atomic E-state index is 0.507. The lowest BCUT2D eigenvalue weighted by Crippen LogP contribution is -2.07. The van der Waals surface area contributed by atoms with Crippen molar-refractivity contribution in [1.29, 1.82) is 0 Å². The molecule has 2 rings (SSSR count). The van der Waals surface area contributed by atoms with Crippen molar-refractivity contribution in [3.05, 3.63) is 28.2 Å². The summed E-state index contributed by atoms with van der Waals surface area (Å²) in [6.45, 7) is 1.60. The molecule has 2 N–H and O–H groups in total. The number of nitrogens with zero attached hydrogens (tertiary/aromatic N) is 1. The van der Waals surface area contributed by atoms with Gasteiger partial charge in [0.05, 0.1) is 28.5 Å². The molecule has 1 aromatic carbocycles. The van der Waals surface area contributed by atoms with Crippen molar-refractivity contribution in [2.45, 2.75) is 6.61 Å². The monoisotopic (exact) mass is 242 g/mol. The quantitative estimate of drug-likeness (QED) is 0.838. The lowest BCUT2D eigenvalue weighted by Gasteiger charge is -1.96. The first-order valence-electron chi connectivity index (χ1n) is 4.63. The molecule has 80 valence electrons. The van der Waals surface area contributed by atoms with E-state index in [0.29, 0.717) is 19.8 Å². The molecule has 0 amide bonds. The summed E-state index contributed by atoms with van der Waals surface area (Å²) in [7, 11) is 0. The van der Waals surface area contributed by atoms with E-state index in [4.69, 9.17) is 22.1 Å². The second kappa shape index (κ2) is 4.90. The molecule has 0 radical (unpaired) electrons. The van der Waals surface area contributed by atoms with Crippen LogP contribution >= 0.6 is 22.9 Å². The Hall–Kier alpha value is -0.680. The van der Waals surface area contributed by atoms with Crippen LogP contribution in [0, 0.1) is 0 Å². The molecular formula is C10H11ClN2OS. The van der Waals surface area contributed by atoms with Gasteiger partial charge < -0.3 is 10.5 Å². The number of fused-ring (bicyclic) bond motifs is 1. The summed E-state index contributed by atoms with van der Waals surface area (Å²) >= 11 is 7.61. The zero-order valence-corrected chi connectivity index (χ0v) is 9.64. The Morgan fingerprint density at radius 1 is 1.47 bits per heavy atom. The zero-order chi connectivity index (χ0) is 10.7. The lowest BCUT2D eigenvalue weighted by molar-refractivity contribution is 0.128. The first kappa shape index (κ1) is 10.8. The average molecular weight is 243 g/mol. The molecule has 0 saturated heterocycles. The Balaban J connectivity index is 2.20. The van der Waals surface area contributed by atoms with Crippen LogP contribution in [0.4, 0.5) is 0 Å². The first-order valence-corrected chi connectivity index (χ1v) is 5.82. The highest BCUT2D eigenvalue weighted by Crippen LogP contribution is 2.29. The Labute approximate surface area is 96.8 Å². The van der Waals surface area contributed by atoms with E-state index < -0.39 is 0 Å². The van der Waals surface area contributed by atoms with Gasteiger partial charge in [-0.25, -0.2) is 4.98 Å². The van der Waals surface area contributed by atoms with Crippen LogP contribution in [0.25, 0.3) is 10.2 Å². The Morgan fingerprint density at radius 2 is 2.33 bits per heavy atom. The number of aromatic nitrogens is 1. The standard InChI is InChI=1S/C10H11ClN2OS/c11-7-2-1-3-8-10(7)15-9(13-8)6-14-5-4-12/h1-3H,4-6,12H2. The van der Waals surface area contributed by atoms with Crippen LogP contribution in [0.1, 0.15) is 5.01 Å². The van der Waals surface area contributed by atoms with Crippen LogP contribution in [0.2, 0.25) is 5.02 Å². The predicted octanol–water partition coefficient (Wildman–Crippen LogP) is 2.42. The number of hydrogen-bond acceptors (Lipinski definition) is 4. The number of nitrogens with two attached hydrogens (primary N) is 1. The van der Waals surface area contributed by atoms with E-state index in [2.05, 4.69) is 4.98 Å². The topological polar surface area (TPSA) is 48.1 Å². The average Bonchev–Trinajstić information content (AvgIpc) is 2.63. The first-order chi connectivity index (χ1) is 7.31. The minimum Gasteiger partial charge on any atom is -0.373 e. The molecule has 1 aromatic heterocycles. The molecular weight excluding hydrogens is 232 g/mol. The number of ether oxygens (including phenoxy) is 1. The second-order valence-electron chi connectivity index (χ2n) is 3.04. The molecule has 5 heteroatoms. The highest BCUT2D eigenvalue weighted by atomic mass is 35.5. The molecule has 0 aliphatic carbocycles. The second-order valence-corrected chi connectivity index (χ2v) is 4.53. The minimum atomic E-state index is 0.507. The molecule has 3 nitrogen and oxygen atoms in total. The van der Waals surface area contributed by atoms with Gasteiger partial charge in [-0.1, -0.05) is 17.7 Å². The number of benzene rings is 1. The SMILES string of the molecule is NCCOCc1nc2cccc(Cl)c2s1. The van der Waals surface area contributed by atoms with Gasteiger partial charge in [0.25, 0.3) is 0 Å². The number of thiazole rings is 1. The van der Waals surface area contributed by atoms with Gasteiger partial charge in [-0.2, -0.15) is 0 Å². The molecule has 0 saturated carbocycles. The number of halogens is 1. The van der Waals surface area contributed by atoms with E-state index in [1.807, 2.05) is 18.2 Å². The van der Waals surface area contributed by atoms with Gasteiger partial charge >= 0.3 is 0 Å². The van der Waals surface area contributed by atoms with Crippen molar-refractivity contribution in [2.24, 2.45) is 5.73 Å². The van der Waals surface area contributed by atoms with E-state index in [-0.39, 0.29) is 0 Å². The lowest BCUT2D eigenvalue weighted by atomic mass is 10.3. The van der Waals surface area contributed by atoms with Crippen molar-refractivity contribution < 1.29 is 4.74 Å². The van der Waals surface area contributed by atoms with Gasteiger partial charge in [0.2, 0.25) is 0 Å². The van der Waals surface area contributed by atoms with Crippen LogP contribution in [-0.2, 0) is 11.3 Å². The van der Waals surface area contributed by atoms with E-state index in [9.17, 15) is 0 Å². The summed E-state index contributed by atoms with van der Waals surface area (Å²) in [5.74, 6) is 0. The largest absolute Gasteiger partial charge is 0.373 e. The third kappa shape index (κ3) is 2.46. The molecule has 0 unspecified atom stereocenters. The smallest absolute Gasteiger partial charge is 0.120 e. The van der Waals surface area contributed by atoms with Crippen LogP contribution in [0.5, 0.6) is 0 Å². The third-order valence-electron chi connectivity index (χ3n) is 1.90. The fraction of sp³-hybridized carbons (Fsp3) is 0.300. The van der Waals surface area contributed by atoms with E-state index in [1.165, 1.54) is 0 Å². The Morgan fingerprint density at radius 3 is 3.07 bits per heavy atom. The summed E-state index contributed by atoms with van der Waals surface area (Å²) in [5, 5.41) is 1.68. The third-order valence-corrected chi connectivity index (χ3v) is 3.40. The van der Waals surface area contributed by atoms with E-state index in [1.54, 1.807) is 11.3 Å². The highest BCUT2D eigenvalue weighted by Gasteiger charge is 2.06.